The van der Waals surface area contributed by atoms with E-state index in [1.165, 1.54) is 0 Å². The van der Waals surface area contributed by atoms with Crippen LogP contribution >= 0.6 is 0 Å². The molecule has 1 aliphatic rings. The van der Waals surface area contributed by atoms with Gasteiger partial charge in [0.1, 0.15) is 0 Å². The van der Waals surface area contributed by atoms with Crippen molar-refractivity contribution in [3.63, 3.8) is 0 Å². The van der Waals surface area contributed by atoms with Crippen molar-refractivity contribution < 1.29 is 9.32 Å². The van der Waals surface area contributed by atoms with Crippen molar-refractivity contribution in [2.45, 2.75) is 18.9 Å². The van der Waals surface area contributed by atoms with Crippen LogP contribution in [0.3, 0.4) is 0 Å². The highest BCUT2D eigenvalue weighted by Gasteiger charge is 2.33. The monoisotopic (exact) mass is 149 g/mol. The van der Waals surface area contributed by atoms with E-state index in [9.17, 15) is 9.32 Å². The van der Waals surface area contributed by atoms with Crippen LogP contribution in [-0.2, 0) is 9.73 Å². The molecule has 1 heterocycles. The fraction of sp³-hybridized carbons (Fsp3) is 1.00. The van der Waals surface area contributed by atoms with Crippen LogP contribution in [0.15, 0.2) is 0 Å². The normalized spacial score (nSPS) is 51.8. The Hall–Kier alpha value is -0.0900. The maximum Gasteiger partial charge on any atom is 0.0752 e. The molecule has 0 aromatic heterocycles. The van der Waals surface area contributed by atoms with Gasteiger partial charge in [-0.15, -0.1) is 0 Å². The lowest BCUT2D eigenvalue weighted by Crippen LogP contribution is -2.24. The summed E-state index contributed by atoms with van der Waals surface area (Å²) >= 11 is 0. The molecular weight excluding hydrogens is 138 g/mol. The van der Waals surface area contributed by atoms with Gasteiger partial charge < -0.3 is 5.11 Å². The Labute approximate surface area is 55.1 Å². The van der Waals surface area contributed by atoms with Crippen LogP contribution < -0.4 is 0 Å². The third kappa shape index (κ3) is 1.66. The molecular formula is C5H11NO2S. The van der Waals surface area contributed by atoms with Gasteiger partial charge >= 0.3 is 0 Å². The summed E-state index contributed by atoms with van der Waals surface area (Å²) < 4.78 is 18.0. The van der Waals surface area contributed by atoms with E-state index in [-0.39, 0.29) is 5.75 Å². The van der Waals surface area contributed by atoms with Crippen LogP contribution in [-0.4, -0.2) is 26.4 Å². The third-order valence-corrected chi connectivity index (χ3v) is 3.47. The van der Waals surface area contributed by atoms with E-state index < -0.39 is 15.3 Å². The zero-order valence-electron chi connectivity index (χ0n) is 5.39. The fourth-order valence-corrected chi connectivity index (χ4v) is 3.09. The van der Waals surface area contributed by atoms with Crippen LogP contribution in [0, 0.1) is 4.78 Å². The largest absolute Gasteiger partial charge is 0.389 e. The molecule has 2 N–H and O–H groups in total. The van der Waals surface area contributed by atoms with E-state index in [0.29, 0.717) is 12.2 Å². The second kappa shape index (κ2) is 1.70. The summed E-state index contributed by atoms with van der Waals surface area (Å²) in [7, 11) is -2.40. The van der Waals surface area contributed by atoms with E-state index in [0.717, 1.165) is 0 Å². The standard InChI is InChI=1S/C5H11NO2S/c1-5(7)2-3-9(6,8)4-5/h6-7H,2-4H2,1H3. The molecule has 0 bridgehead atoms. The average Bonchev–Trinajstić information content (AvgIpc) is 1.78. The van der Waals surface area contributed by atoms with Gasteiger partial charge in [-0.25, -0.2) is 4.21 Å². The van der Waals surface area contributed by atoms with Crippen molar-refractivity contribution in [3.8, 4) is 0 Å². The molecule has 54 valence electrons. The molecule has 0 aromatic rings. The average molecular weight is 149 g/mol. The summed E-state index contributed by atoms with van der Waals surface area (Å²) in [5, 5.41) is 9.23. The lowest BCUT2D eigenvalue weighted by molar-refractivity contribution is 0.0886. The molecule has 1 aliphatic heterocycles. The first kappa shape index (κ1) is 7.02. The van der Waals surface area contributed by atoms with Gasteiger partial charge in [0.2, 0.25) is 0 Å². The van der Waals surface area contributed by atoms with E-state index in [2.05, 4.69) is 0 Å². The summed E-state index contributed by atoms with van der Waals surface area (Å²) in [5.41, 5.74) is -0.834. The van der Waals surface area contributed by atoms with Crippen molar-refractivity contribution in [2.24, 2.45) is 0 Å². The van der Waals surface area contributed by atoms with Crippen LogP contribution in [0.4, 0.5) is 0 Å². The molecule has 4 heteroatoms. The molecule has 9 heavy (non-hydrogen) atoms. The van der Waals surface area contributed by atoms with Crippen molar-refractivity contribution in [3.05, 3.63) is 0 Å². The van der Waals surface area contributed by atoms with Crippen molar-refractivity contribution in [1.29, 1.82) is 4.78 Å². The molecule has 0 amide bonds. The van der Waals surface area contributed by atoms with Gasteiger partial charge in [-0.2, -0.15) is 0 Å². The first-order valence-electron chi connectivity index (χ1n) is 2.88. The number of hydrogen-bond acceptors (Lipinski definition) is 3. The van der Waals surface area contributed by atoms with E-state index >= 15 is 0 Å². The van der Waals surface area contributed by atoms with E-state index in [1.807, 2.05) is 0 Å². The predicted molar refractivity (Wildman–Crippen MR) is 35.8 cm³/mol. The van der Waals surface area contributed by atoms with Crippen molar-refractivity contribution in [1.82, 2.24) is 0 Å². The highest BCUT2D eigenvalue weighted by atomic mass is 32.2. The minimum absolute atomic E-state index is 0.153. The van der Waals surface area contributed by atoms with Crippen molar-refractivity contribution >= 4 is 9.73 Å². The van der Waals surface area contributed by atoms with E-state index in [1.54, 1.807) is 6.92 Å². The summed E-state index contributed by atoms with van der Waals surface area (Å²) in [6.07, 6.45) is 0.509. The van der Waals surface area contributed by atoms with Gasteiger partial charge in [-0.1, -0.05) is 0 Å². The maximum atomic E-state index is 10.9. The summed E-state index contributed by atoms with van der Waals surface area (Å²) in [6, 6.07) is 0. The van der Waals surface area contributed by atoms with Crippen molar-refractivity contribution in [2.75, 3.05) is 11.5 Å². The van der Waals surface area contributed by atoms with Gasteiger partial charge in [0.15, 0.2) is 0 Å². The first-order valence-corrected chi connectivity index (χ1v) is 4.78. The van der Waals surface area contributed by atoms with Gasteiger partial charge in [0.05, 0.1) is 11.4 Å². The highest BCUT2D eigenvalue weighted by molar-refractivity contribution is 7.92. The number of aliphatic hydroxyl groups is 1. The Morgan fingerprint density at radius 3 is 2.44 bits per heavy atom. The molecule has 0 aromatic carbocycles. The number of nitrogens with one attached hydrogen (secondary N) is 1. The predicted octanol–water partition coefficient (Wildman–Crippen LogP) is 0.188. The Morgan fingerprint density at radius 1 is 1.78 bits per heavy atom. The zero-order chi connectivity index (χ0) is 7.12. The first-order chi connectivity index (χ1) is 3.91. The van der Waals surface area contributed by atoms with Gasteiger partial charge in [0.25, 0.3) is 0 Å². The molecule has 0 aliphatic carbocycles. The molecule has 1 saturated heterocycles. The fourth-order valence-electron chi connectivity index (χ4n) is 1.03. The number of rotatable bonds is 0. The van der Waals surface area contributed by atoms with Gasteiger partial charge in [-0.05, 0) is 13.3 Å². The Bertz CT molecular complexity index is 205. The highest BCUT2D eigenvalue weighted by Crippen LogP contribution is 2.22. The molecule has 1 fully saturated rings. The van der Waals surface area contributed by atoms with Crippen LogP contribution in [0.1, 0.15) is 13.3 Å². The third-order valence-electron chi connectivity index (χ3n) is 1.51. The summed E-state index contributed by atoms with van der Waals surface area (Å²) in [5.74, 6) is 0.514. The molecule has 0 spiro atoms. The number of hydrogen-bond donors (Lipinski definition) is 2. The lowest BCUT2D eigenvalue weighted by Gasteiger charge is -2.11. The van der Waals surface area contributed by atoms with E-state index in [4.69, 9.17) is 4.78 Å². The molecule has 0 radical (unpaired) electrons. The maximum absolute atomic E-state index is 10.9. The topological polar surface area (TPSA) is 61.1 Å². The minimum atomic E-state index is -2.40. The quantitative estimate of drug-likeness (QED) is 0.516. The lowest BCUT2D eigenvalue weighted by atomic mass is 10.1. The second-order valence-corrected chi connectivity index (χ2v) is 5.23. The molecule has 2 unspecified atom stereocenters. The van der Waals surface area contributed by atoms with Crippen LogP contribution in [0.5, 0.6) is 0 Å². The Balaban J connectivity index is 2.81. The molecule has 0 saturated carbocycles. The molecule has 2 atom stereocenters. The summed E-state index contributed by atoms with van der Waals surface area (Å²) in [6.45, 7) is 1.63. The minimum Gasteiger partial charge on any atom is -0.389 e. The smallest absolute Gasteiger partial charge is 0.0752 e. The SMILES string of the molecule is CC1(O)CCS(=N)(=O)C1. The Kier molecular flexibility index (Phi) is 1.33. The summed E-state index contributed by atoms with van der Waals surface area (Å²) in [4.78, 5) is 0. The Morgan fingerprint density at radius 2 is 2.33 bits per heavy atom. The molecule has 1 rings (SSSR count). The van der Waals surface area contributed by atoms with Gasteiger partial charge in [0, 0.05) is 15.5 Å². The zero-order valence-corrected chi connectivity index (χ0v) is 6.20. The van der Waals surface area contributed by atoms with Crippen LogP contribution in [0.2, 0.25) is 0 Å². The molecule has 3 nitrogen and oxygen atoms in total. The second-order valence-electron chi connectivity index (χ2n) is 2.91. The van der Waals surface area contributed by atoms with Gasteiger partial charge in [-0.3, -0.25) is 4.78 Å². The van der Waals surface area contributed by atoms with Crippen LogP contribution in [0.25, 0.3) is 0 Å².